The van der Waals surface area contributed by atoms with Crippen LogP contribution in [0.15, 0.2) is 46.4 Å². The van der Waals surface area contributed by atoms with E-state index < -0.39 is 0 Å². The number of methoxy groups -OCH3 is 1. The van der Waals surface area contributed by atoms with Crippen LogP contribution in [-0.2, 0) is 9.59 Å². The number of nitrogens with zero attached hydrogens (tertiary/aromatic N) is 3. The highest BCUT2D eigenvalue weighted by molar-refractivity contribution is 8.14. The van der Waals surface area contributed by atoms with Gasteiger partial charge in [0.15, 0.2) is 5.17 Å². The molecule has 2 amide bonds. The van der Waals surface area contributed by atoms with Gasteiger partial charge in [-0.15, -0.1) is 11.3 Å². The fourth-order valence-electron chi connectivity index (χ4n) is 3.50. The van der Waals surface area contributed by atoms with Crippen molar-refractivity contribution in [1.29, 1.82) is 0 Å². The molecule has 2 aromatic rings. The molecule has 1 aromatic carbocycles. The molecule has 0 radical (unpaired) electrons. The van der Waals surface area contributed by atoms with E-state index in [9.17, 15) is 9.59 Å². The van der Waals surface area contributed by atoms with Crippen molar-refractivity contribution in [3.63, 3.8) is 0 Å². The second-order valence-corrected chi connectivity index (χ2v) is 10.0. The van der Waals surface area contributed by atoms with Crippen molar-refractivity contribution in [1.82, 2.24) is 4.90 Å². The topological polar surface area (TPSA) is 62.2 Å². The van der Waals surface area contributed by atoms with Crippen molar-refractivity contribution >= 4 is 63.4 Å². The Morgan fingerprint density at radius 1 is 1.28 bits per heavy atom. The SMILES string of the molecule is COc1ccc(N2C(=O)C(=Cc3cccs3)N=C2SCC(=O)N(C(C)C)C(C)C)cc1Cl. The monoisotopic (exact) mass is 491 g/mol. The molecule has 0 bridgehead atoms. The Hall–Kier alpha value is -2.29. The smallest absolute Gasteiger partial charge is 0.283 e. The molecule has 170 valence electrons. The number of hydrogen-bond acceptors (Lipinski definition) is 6. The van der Waals surface area contributed by atoms with Crippen molar-refractivity contribution in [3.8, 4) is 5.75 Å². The lowest BCUT2D eigenvalue weighted by Gasteiger charge is -2.31. The largest absolute Gasteiger partial charge is 0.495 e. The van der Waals surface area contributed by atoms with E-state index in [1.54, 1.807) is 24.3 Å². The summed E-state index contributed by atoms with van der Waals surface area (Å²) in [5.41, 5.74) is 0.887. The van der Waals surface area contributed by atoms with Crippen molar-refractivity contribution in [2.75, 3.05) is 17.8 Å². The number of carbonyl (C=O) groups excluding carboxylic acids is 2. The highest BCUT2D eigenvalue weighted by Gasteiger charge is 2.33. The summed E-state index contributed by atoms with van der Waals surface area (Å²) in [7, 11) is 1.54. The van der Waals surface area contributed by atoms with Crippen LogP contribution in [0, 0.1) is 0 Å². The molecule has 0 atom stereocenters. The summed E-state index contributed by atoms with van der Waals surface area (Å²) in [4.78, 5) is 35.0. The maximum atomic E-state index is 13.3. The molecule has 0 N–H and O–H groups in total. The Kier molecular flexibility index (Phi) is 8.03. The Labute approximate surface area is 201 Å². The molecule has 1 aliphatic rings. The van der Waals surface area contributed by atoms with Gasteiger partial charge >= 0.3 is 0 Å². The zero-order valence-corrected chi connectivity index (χ0v) is 21.1. The molecule has 2 heterocycles. The van der Waals surface area contributed by atoms with Gasteiger partial charge in [0, 0.05) is 17.0 Å². The number of halogens is 1. The van der Waals surface area contributed by atoms with Crippen molar-refractivity contribution in [2.45, 2.75) is 39.8 Å². The standard InChI is InChI=1S/C23H26ClN3O3S2/c1-14(2)26(15(3)4)21(28)13-32-23-25-19(12-17-7-6-10-31-17)22(29)27(23)16-8-9-20(30-5)18(24)11-16/h6-12,14-15H,13H2,1-5H3. The normalized spacial score (nSPS) is 15.1. The lowest BCUT2D eigenvalue weighted by atomic mass is 10.2. The summed E-state index contributed by atoms with van der Waals surface area (Å²) < 4.78 is 5.23. The summed E-state index contributed by atoms with van der Waals surface area (Å²) in [5, 5.41) is 2.77. The molecule has 0 saturated heterocycles. The molecule has 0 saturated carbocycles. The van der Waals surface area contributed by atoms with Gasteiger partial charge in [0.05, 0.1) is 23.6 Å². The van der Waals surface area contributed by atoms with E-state index in [0.29, 0.717) is 27.3 Å². The van der Waals surface area contributed by atoms with Crippen LogP contribution in [0.4, 0.5) is 5.69 Å². The lowest BCUT2D eigenvalue weighted by Crippen LogP contribution is -2.43. The van der Waals surface area contributed by atoms with Gasteiger partial charge in [0.25, 0.3) is 5.91 Å². The first-order valence-electron chi connectivity index (χ1n) is 10.2. The van der Waals surface area contributed by atoms with Gasteiger partial charge in [-0.3, -0.25) is 14.5 Å². The minimum absolute atomic E-state index is 0.00134. The molecule has 0 spiro atoms. The highest BCUT2D eigenvalue weighted by atomic mass is 35.5. The lowest BCUT2D eigenvalue weighted by molar-refractivity contribution is -0.131. The zero-order chi connectivity index (χ0) is 23.4. The minimum Gasteiger partial charge on any atom is -0.495 e. The van der Waals surface area contributed by atoms with Crippen molar-refractivity contribution in [2.24, 2.45) is 4.99 Å². The number of amides is 2. The maximum Gasteiger partial charge on any atom is 0.283 e. The van der Waals surface area contributed by atoms with Crippen LogP contribution in [0.25, 0.3) is 6.08 Å². The molecule has 0 aliphatic carbocycles. The van der Waals surface area contributed by atoms with E-state index in [2.05, 4.69) is 4.99 Å². The van der Waals surface area contributed by atoms with Gasteiger partial charge in [-0.05, 0) is 63.4 Å². The predicted molar refractivity (Wildman–Crippen MR) is 135 cm³/mol. The molecular formula is C23H26ClN3O3S2. The number of hydrogen-bond donors (Lipinski definition) is 0. The van der Waals surface area contributed by atoms with E-state index in [1.165, 1.54) is 35.1 Å². The van der Waals surface area contributed by atoms with E-state index in [1.807, 2.05) is 50.1 Å². The van der Waals surface area contributed by atoms with Crippen LogP contribution >= 0.6 is 34.7 Å². The second-order valence-electron chi connectivity index (χ2n) is 7.68. The quantitative estimate of drug-likeness (QED) is 0.477. The van der Waals surface area contributed by atoms with E-state index >= 15 is 0 Å². The molecule has 0 fully saturated rings. The third-order valence-corrected chi connectivity index (χ3v) is 6.81. The Bertz CT molecular complexity index is 1040. The third-order valence-electron chi connectivity index (χ3n) is 4.77. The molecular weight excluding hydrogens is 466 g/mol. The first-order chi connectivity index (χ1) is 15.2. The number of anilines is 1. The molecule has 3 rings (SSSR count). The number of benzene rings is 1. The Morgan fingerprint density at radius 2 is 2.00 bits per heavy atom. The van der Waals surface area contributed by atoms with Crippen LogP contribution in [-0.4, -0.2) is 46.8 Å². The van der Waals surface area contributed by atoms with Gasteiger partial charge < -0.3 is 9.64 Å². The van der Waals surface area contributed by atoms with Crippen LogP contribution in [0.5, 0.6) is 5.75 Å². The number of amidine groups is 1. The number of thiophene rings is 1. The zero-order valence-electron chi connectivity index (χ0n) is 18.7. The van der Waals surface area contributed by atoms with Gasteiger partial charge in [0.2, 0.25) is 5.91 Å². The summed E-state index contributed by atoms with van der Waals surface area (Å²) in [6.45, 7) is 7.97. The first kappa shape index (κ1) is 24.4. The summed E-state index contributed by atoms with van der Waals surface area (Å²) in [6.07, 6.45) is 1.76. The van der Waals surface area contributed by atoms with Crippen molar-refractivity contribution < 1.29 is 14.3 Å². The van der Waals surface area contributed by atoms with Crippen LogP contribution in [0.2, 0.25) is 5.02 Å². The Morgan fingerprint density at radius 3 is 2.56 bits per heavy atom. The molecule has 0 unspecified atom stereocenters. The molecule has 9 heteroatoms. The van der Waals surface area contributed by atoms with E-state index in [0.717, 1.165) is 4.88 Å². The summed E-state index contributed by atoms with van der Waals surface area (Å²) >= 11 is 9.08. The van der Waals surface area contributed by atoms with Crippen LogP contribution < -0.4 is 9.64 Å². The Balaban J connectivity index is 1.92. The van der Waals surface area contributed by atoms with Crippen LogP contribution in [0.3, 0.4) is 0 Å². The fraction of sp³-hybridized carbons (Fsp3) is 0.348. The number of carbonyl (C=O) groups is 2. The van der Waals surface area contributed by atoms with Crippen molar-refractivity contribution in [3.05, 3.63) is 51.3 Å². The van der Waals surface area contributed by atoms with Gasteiger partial charge in [-0.1, -0.05) is 29.4 Å². The maximum absolute atomic E-state index is 13.3. The number of thioether (sulfide) groups is 1. The van der Waals surface area contributed by atoms with E-state index in [-0.39, 0.29) is 29.7 Å². The molecule has 32 heavy (non-hydrogen) atoms. The summed E-state index contributed by atoms with van der Waals surface area (Å²) in [6, 6.07) is 9.14. The molecule has 1 aromatic heterocycles. The fourth-order valence-corrected chi connectivity index (χ4v) is 5.28. The van der Waals surface area contributed by atoms with E-state index in [4.69, 9.17) is 16.3 Å². The third kappa shape index (κ3) is 5.36. The average Bonchev–Trinajstić information content (AvgIpc) is 3.34. The van der Waals surface area contributed by atoms with Crippen LogP contribution in [0.1, 0.15) is 32.6 Å². The number of rotatable bonds is 7. The summed E-state index contributed by atoms with van der Waals surface area (Å²) in [5.74, 6) is 0.426. The average molecular weight is 492 g/mol. The number of ether oxygens (including phenoxy) is 1. The van der Waals surface area contributed by atoms with Gasteiger partial charge in [-0.2, -0.15) is 0 Å². The minimum atomic E-state index is -0.265. The van der Waals surface area contributed by atoms with Gasteiger partial charge in [0.1, 0.15) is 11.4 Å². The number of aliphatic imine (C=N–C) groups is 1. The molecule has 1 aliphatic heterocycles. The highest BCUT2D eigenvalue weighted by Crippen LogP contribution is 2.34. The molecule has 6 nitrogen and oxygen atoms in total. The second kappa shape index (κ2) is 10.6. The van der Waals surface area contributed by atoms with Gasteiger partial charge in [-0.25, -0.2) is 4.99 Å². The first-order valence-corrected chi connectivity index (χ1v) is 12.4. The predicted octanol–water partition coefficient (Wildman–Crippen LogP) is 5.53.